The number of benzene rings is 1. The zero-order valence-electron chi connectivity index (χ0n) is 20.5. The number of nitrogens with two attached hydrogens (primary N) is 1. The van der Waals surface area contributed by atoms with Crippen LogP contribution in [-0.4, -0.2) is 27.3 Å². The second-order valence-electron chi connectivity index (χ2n) is 8.69. The summed E-state index contributed by atoms with van der Waals surface area (Å²) in [6.45, 7) is 5.75. The summed E-state index contributed by atoms with van der Waals surface area (Å²) in [5.74, 6) is -4.04. The molecule has 0 saturated carbocycles. The van der Waals surface area contributed by atoms with Crippen molar-refractivity contribution in [2.24, 2.45) is 10.7 Å². The van der Waals surface area contributed by atoms with E-state index in [1.54, 1.807) is 20.8 Å². The van der Waals surface area contributed by atoms with Crippen molar-refractivity contribution in [3.8, 4) is 6.07 Å². The van der Waals surface area contributed by atoms with Crippen LogP contribution in [-0.2, 0) is 22.7 Å². The Bertz CT molecular complexity index is 1420. The van der Waals surface area contributed by atoms with Gasteiger partial charge in [0, 0.05) is 43.1 Å². The Hall–Kier alpha value is -4.53. The summed E-state index contributed by atoms with van der Waals surface area (Å²) in [5, 5.41) is 19.8. The van der Waals surface area contributed by atoms with Gasteiger partial charge in [0.15, 0.2) is 0 Å². The standard InChI is InChI=1S/C25H24F3N7O2/c1-14-34-35-23(37-14)24(2,3)31-13-16(12-30)22-15(11-29)8-18(9-19(22)26)33-21(36)10-17-6-5-7-20(32-17)25(4,27)28/h5-9,12-13H,10,30H2,1-4H3,(H,33,36)/b16-12+,31-13?. The molecule has 0 bridgehead atoms. The van der Waals surface area contributed by atoms with E-state index in [1.165, 1.54) is 24.4 Å². The second kappa shape index (κ2) is 10.6. The summed E-state index contributed by atoms with van der Waals surface area (Å²) in [4.78, 5) is 20.6. The molecule has 1 amide bonds. The van der Waals surface area contributed by atoms with Crippen molar-refractivity contribution in [2.45, 2.75) is 45.6 Å². The molecule has 0 spiro atoms. The number of aromatic nitrogens is 3. The number of nitrogens with zero attached hydrogens (tertiary/aromatic N) is 5. The molecule has 3 rings (SSSR count). The van der Waals surface area contributed by atoms with Gasteiger partial charge < -0.3 is 15.5 Å². The molecule has 0 fully saturated rings. The number of allylic oxidation sites excluding steroid dienone is 1. The van der Waals surface area contributed by atoms with Gasteiger partial charge in [-0.1, -0.05) is 6.07 Å². The van der Waals surface area contributed by atoms with E-state index in [9.17, 15) is 18.8 Å². The van der Waals surface area contributed by atoms with Crippen molar-refractivity contribution in [3.05, 3.63) is 76.6 Å². The summed E-state index contributed by atoms with van der Waals surface area (Å²) in [5.41, 5.74) is 4.25. The Morgan fingerprint density at radius 3 is 2.59 bits per heavy atom. The van der Waals surface area contributed by atoms with Crippen molar-refractivity contribution in [1.82, 2.24) is 15.2 Å². The molecule has 9 nitrogen and oxygen atoms in total. The Labute approximate surface area is 210 Å². The molecule has 37 heavy (non-hydrogen) atoms. The van der Waals surface area contributed by atoms with E-state index in [2.05, 4.69) is 25.5 Å². The smallest absolute Gasteiger partial charge is 0.286 e. The first-order chi connectivity index (χ1) is 17.3. The molecule has 192 valence electrons. The summed E-state index contributed by atoms with van der Waals surface area (Å²) in [6.07, 6.45) is 2.05. The maximum atomic E-state index is 15.1. The van der Waals surface area contributed by atoms with Gasteiger partial charge in [0.05, 0.1) is 23.7 Å². The number of nitrogens with one attached hydrogen (secondary N) is 1. The van der Waals surface area contributed by atoms with E-state index in [4.69, 9.17) is 10.2 Å². The number of alkyl halides is 2. The summed E-state index contributed by atoms with van der Waals surface area (Å²) >= 11 is 0. The Balaban J connectivity index is 1.82. The number of aryl methyl sites for hydroxylation is 1. The van der Waals surface area contributed by atoms with E-state index >= 15 is 4.39 Å². The molecule has 0 aliphatic carbocycles. The minimum absolute atomic E-state index is 0.00486. The predicted molar refractivity (Wildman–Crippen MR) is 130 cm³/mol. The quantitative estimate of drug-likeness (QED) is 0.427. The molecule has 0 radical (unpaired) electrons. The number of hydrogen-bond acceptors (Lipinski definition) is 8. The second-order valence-corrected chi connectivity index (χ2v) is 8.69. The number of rotatable bonds is 8. The van der Waals surface area contributed by atoms with Crippen molar-refractivity contribution in [3.63, 3.8) is 0 Å². The highest BCUT2D eigenvalue weighted by Crippen LogP contribution is 2.28. The van der Waals surface area contributed by atoms with Gasteiger partial charge in [0.25, 0.3) is 5.92 Å². The number of hydrogen-bond donors (Lipinski definition) is 2. The topological polar surface area (TPSA) is 143 Å². The molecular formula is C25H24F3N7O2. The molecular weight excluding hydrogens is 487 g/mol. The Morgan fingerprint density at radius 2 is 2.00 bits per heavy atom. The molecule has 3 N–H and O–H groups in total. The highest BCUT2D eigenvalue weighted by molar-refractivity contribution is 6.11. The third-order valence-electron chi connectivity index (χ3n) is 5.14. The number of halogens is 3. The van der Waals surface area contributed by atoms with Crippen molar-refractivity contribution >= 4 is 23.4 Å². The number of amides is 1. The lowest BCUT2D eigenvalue weighted by Gasteiger charge is -2.15. The molecule has 3 aromatic rings. The molecule has 0 saturated heterocycles. The highest BCUT2D eigenvalue weighted by Gasteiger charge is 2.27. The molecule has 1 aromatic carbocycles. The Kier molecular flexibility index (Phi) is 7.76. The largest absolute Gasteiger partial charge is 0.423 e. The van der Waals surface area contributed by atoms with Gasteiger partial charge in [-0.15, -0.1) is 10.2 Å². The summed E-state index contributed by atoms with van der Waals surface area (Å²) < 4.78 is 47.6. The van der Waals surface area contributed by atoms with Crippen LogP contribution in [0.25, 0.3) is 5.57 Å². The maximum absolute atomic E-state index is 15.1. The van der Waals surface area contributed by atoms with E-state index < -0.39 is 28.9 Å². The van der Waals surface area contributed by atoms with Gasteiger partial charge in [0.2, 0.25) is 17.7 Å². The van der Waals surface area contributed by atoms with Crippen LogP contribution in [0.1, 0.15) is 55.1 Å². The van der Waals surface area contributed by atoms with Crippen molar-refractivity contribution in [1.29, 1.82) is 5.26 Å². The number of carbonyl (C=O) groups is 1. The van der Waals surface area contributed by atoms with Crippen molar-refractivity contribution in [2.75, 3.05) is 5.32 Å². The third-order valence-corrected chi connectivity index (χ3v) is 5.14. The first-order valence-electron chi connectivity index (χ1n) is 11.0. The third kappa shape index (κ3) is 6.58. The maximum Gasteiger partial charge on any atom is 0.286 e. The number of aliphatic imine (C=N–C) groups is 1. The number of pyridine rings is 1. The van der Waals surface area contributed by atoms with Crippen LogP contribution in [0.2, 0.25) is 0 Å². The molecule has 0 aliphatic heterocycles. The van der Waals surface area contributed by atoms with E-state index in [0.717, 1.165) is 18.3 Å². The molecule has 0 atom stereocenters. The molecule has 12 heteroatoms. The monoisotopic (exact) mass is 511 g/mol. The Morgan fingerprint density at radius 1 is 1.27 bits per heavy atom. The number of anilines is 1. The van der Waals surface area contributed by atoms with E-state index in [1.807, 2.05) is 6.07 Å². The number of carbonyl (C=O) groups excluding carboxylic acids is 1. The highest BCUT2D eigenvalue weighted by atomic mass is 19.3. The van der Waals surface area contributed by atoms with Gasteiger partial charge in [-0.05, 0) is 38.1 Å². The first kappa shape index (κ1) is 27.1. The lowest BCUT2D eigenvalue weighted by atomic mass is 9.99. The van der Waals surface area contributed by atoms with Crippen LogP contribution < -0.4 is 11.1 Å². The average Bonchev–Trinajstić information content (AvgIpc) is 3.27. The van der Waals surface area contributed by atoms with Crippen LogP contribution in [0.4, 0.5) is 18.9 Å². The van der Waals surface area contributed by atoms with Crippen LogP contribution >= 0.6 is 0 Å². The summed E-state index contributed by atoms with van der Waals surface area (Å²) in [7, 11) is 0. The average molecular weight is 512 g/mol. The lowest BCUT2D eigenvalue weighted by Crippen LogP contribution is -2.18. The molecule has 2 heterocycles. The van der Waals surface area contributed by atoms with Crippen LogP contribution in [0.3, 0.4) is 0 Å². The predicted octanol–water partition coefficient (Wildman–Crippen LogP) is 4.38. The number of nitriles is 1. The van der Waals surface area contributed by atoms with E-state index in [0.29, 0.717) is 12.8 Å². The first-order valence-corrected chi connectivity index (χ1v) is 11.0. The van der Waals surface area contributed by atoms with Gasteiger partial charge in [-0.2, -0.15) is 14.0 Å². The zero-order valence-corrected chi connectivity index (χ0v) is 20.5. The van der Waals surface area contributed by atoms with Crippen LogP contribution in [0.5, 0.6) is 0 Å². The summed E-state index contributed by atoms with van der Waals surface area (Å²) in [6, 6.07) is 8.12. The van der Waals surface area contributed by atoms with Crippen LogP contribution in [0.15, 0.2) is 45.9 Å². The fraction of sp³-hybridized carbons (Fsp3) is 0.280. The van der Waals surface area contributed by atoms with Gasteiger partial charge in [0.1, 0.15) is 17.1 Å². The fourth-order valence-electron chi connectivity index (χ4n) is 3.27. The minimum atomic E-state index is -3.16. The lowest BCUT2D eigenvalue weighted by molar-refractivity contribution is -0.115. The minimum Gasteiger partial charge on any atom is -0.423 e. The molecule has 2 aromatic heterocycles. The van der Waals surface area contributed by atoms with Gasteiger partial charge >= 0.3 is 0 Å². The molecule has 0 unspecified atom stereocenters. The molecule has 0 aliphatic rings. The van der Waals surface area contributed by atoms with Crippen molar-refractivity contribution < 1.29 is 22.4 Å². The van der Waals surface area contributed by atoms with Gasteiger partial charge in [-0.25, -0.2) is 4.39 Å². The fourth-order valence-corrected chi connectivity index (χ4v) is 3.27. The SMILES string of the molecule is Cc1nnc(C(C)(C)N=C/C(=C\N)c2c(F)cc(NC(=O)Cc3cccc(C(C)(F)F)n3)cc2C#N)o1. The normalized spacial score (nSPS) is 12.5. The van der Waals surface area contributed by atoms with E-state index in [-0.39, 0.29) is 40.4 Å². The zero-order chi connectivity index (χ0) is 27.4. The van der Waals surface area contributed by atoms with Gasteiger partial charge in [-0.3, -0.25) is 14.8 Å². The van der Waals surface area contributed by atoms with Crippen LogP contribution in [0, 0.1) is 24.1 Å².